The average Bonchev–Trinajstić information content (AvgIpc) is 2.64. The smallest absolute Gasteiger partial charge is 0.274 e. The molecule has 20 heavy (non-hydrogen) atoms. The van der Waals surface area contributed by atoms with Gasteiger partial charge >= 0.3 is 0 Å². The molecule has 1 heterocycles. The molecular weight excluding hydrogens is 275 g/mol. The zero-order chi connectivity index (χ0) is 14.7. The Morgan fingerprint density at radius 1 is 1.35 bits per heavy atom. The van der Waals surface area contributed by atoms with Gasteiger partial charge in [-0.25, -0.2) is 4.39 Å². The minimum atomic E-state index is -0.296. The molecule has 1 N–H and O–H groups in total. The molecule has 0 unspecified atom stereocenters. The Hall–Kier alpha value is -1.75. The normalized spacial score (nSPS) is 17.2. The monoisotopic (exact) mass is 292 g/mol. The van der Waals surface area contributed by atoms with Crippen molar-refractivity contribution >= 4 is 29.3 Å². The van der Waals surface area contributed by atoms with Crippen LogP contribution >= 0.6 is 12.2 Å². The Labute approximate surface area is 123 Å². The van der Waals surface area contributed by atoms with Crippen molar-refractivity contribution in [1.82, 2.24) is 10.2 Å². The summed E-state index contributed by atoms with van der Waals surface area (Å²) >= 11 is 5.18. The van der Waals surface area contributed by atoms with E-state index in [9.17, 15) is 9.18 Å². The first-order chi connectivity index (χ1) is 9.47. The SMILES string of the molecule is CC(C)CCN1C(=S)NC(=O)/C1=C\c1ccc(F)cc1. The second kappa shape index (κ2) is 6.13. The van der Waals surface area contributed by atoms with Gasteiger partial charge in [0.15, 0.2) is 5.11 Å². The third kappa shape index (κ3) is 3.42. The van der Waals surface area contributed by atoms with E-state index in [1.165, 1.54) is 12.1 Å². The van der Waals surface area contributed by atoms with Crippen LogP contribution in [0.1, 0.15) is 25.8 Å². The summed E-state index contributed by atoms with van der Waals surface area (Å²) in [7, 11) is 0. The van der Waals surface area contributed by atoms with Gasteiger partial charge in [0, 0.05) is 6.54 Å². The lowest BCUT2D eigenvalue weighted by atomic mass is 10.1. The van der Waals surface area contributed by atoms with Gasteiger partial charge in [0.1, 0.15) is 11.5 Å². The number of hydrogen-bond acceptors (Lipinski definition) is 2. The largest absolute Gasteiger partial charge is 0.314 e. The van der Waals surface area contributed by atoms with Crippen molar-refractivity contribution in [2.75, 3.05) is 6.54 Å². The summed E-state index contributed by atoms with van der Waals surface area (Å²) < 4.78 is 12.9. The minimum Gasteiger partial charge on any atom is -0.314 e. The van der Waals surface area contributed by atoms with E-state index in [4.69, 9.17) is 12.2 Å². The van der Waals surface area contributed by atoms with Crippen LogP contribution in [-0.4, -0.2) is 22.5 Å². The van der Waals surface area contributed by atoms with E-state index in [0.717, 1.165) is 12.0 Å². The van der Waals surface area contributed by atoms with Crippen LogP contribution in [0.5, 0.6) is 0 Å². The van der Waals surface area contributed by atoms with Crippen molar-refractivity contribution in [3.63, 3.8) is 0 Å². The molecule has 0 spiro atoms. The first-order valence-corrected chi connectivity index (χ1v) is 6.98. The number of amides is 1. The van der Waals surface area contributed by atoms with Crippen LogP contribution in [0, 0.1) is 11.7 Å². The lowest BCUT2D eigenvalue weighted by Crippen LogP contribution is -2.28. The molecule has 0 aliphatic carbocycles. The van der Waals surface area contributed by atoms with Crippen molar-refractivity contribution in [3.05, 3.63) is 41.3 Å². The summed E-state index contributed by atoms with van der Waals surface area (Å²) in [6.07, 6.45) is 2.67. The summed E-state index contributed by atoms with van der Waals surface area (Å²) in [5.74, 6) is 0.0267. The number of benzene rings is 1. The maximum atomic E-state index is 12.9. The number of nitrogens with zero attached hydrogens (tertiary/aromatic N) is 1. The molecule has 1 fully saturated rings. The van der Waals surface area contributed by atoms with Crippen molar-refractivity contribution in [1.29, 1.82) is 0 Å². The lowest BCUT2D eigenvalue weighted by Gasteiger charge is -2.18. The zero-order valence-electron chi connectivity index (χ0n) is 11.5. The second-order valence-electron chi connectivity index (χ2n) is 5.17. The average molecular weight is 292 g/mol. The van der Waals surface area contributed by atoms with E-state index in [1.807, 2.05) is 0 Å². The number of rotatable bonds is 4. The van der Waals surface area contributed by atoms with Crippen LogP contribution in [0.3, 0.4) is 0 Å². The van der Waals surface area contributed by atoms with E-state index in [0.29, 0.717) is 23.3 Å². The number of nitrogens with one attached hydrogen (secondary N) is 1. The Kier molecular flexibility index (Phi) is 4.49. The molecule has 0 saturated carbocycles. The number of carbonyl (C=O) groups excluding carboxylic acids is 1. The van der Waals surface area contributed by atoms with Gasteiger partial charge in [0.05, 0.1) is 0 Å². The Bertz CT molecular complexity index is 551. The highest BCUT2D eigenvalue weighted by Crippen LogP contribution is 2.19. The van der Waals surface area contributed by atoms with E-state index in [1.54, 1.807) is 23.1 Å². The van der Waals surface area contributed by atoms with Gasteiger partial charge in [-0.05, 0) is 48.3 Å². The predicted molar refractivity (Wildman–Crippen MR) is 81.3 cm³/mol. The number of carbonyl (C=O) groups is 1. The van der Waals surface area contributed by atoms with Crippen molar-refractivity contribution in [2.24, 2.45) is 5.92 Å². The zero-order valence-corrected chi connectivity index (χ0v) is 12.3. The molecule has 106 valence electrons. The fraction of sp³-hybridized carbons (Fsp3) is 0.333. The van der Waals surface area contributed by atoms with Gasteiger partial charge < -0.3 is 4.90 Å². The van der Waals surface area contributed by atoms with Gasteiger partial charge in [-0.2, -0.15) is 0 Å². The van der Waals surface area contributed by atoms with Gasteiger partial charge in [0.25, 0.3) is 5.91 Å². The number of hydrogen-bond donors (Lipinski definition) is 1. The van der Waals surface area contributed by atoms with E-state index < -0.39 is 0 Å². The molecule has 5 heteroatoms. The molecule has 1 amide bonds. The fourth-order valence-electron chi connectivity index (χ4n) is 1.93. The van der Waals surface area contributed by atoms with Gasteiger partial charge in [-0.1, -0.05) is 26.0 Å². The van der Waals surface area contributed by atoms with E-state index in [-0.39, 0.29) is 11.7 Å². The molecule has 0 aromatic heterocycles. The third-order valence-electron chi connectivity index (χ3n) is 3.09. The van der Waals surface area contributed by atoms with Crippen molar-refractivity contribution in [3.8, 4) is 0 Å². The summed E-state index contributed by atoms with van der Waals surface area (Å²) in [6.45, 7) is 4.94. The van der Waals surface area contributed by atoms with Crippen molar-refractivity contribution < 1.29 is 9.18 Å². The van der Waals surface area contributed by atoms with Crippen LogP contribution in [0.2, 0.25) is 0 Å². The molecule has 1 aromatic carbocycles. The van der Waals surface area contributed by atoms with Gasteiger partial charge in [-0.15, -0.1) is 0 Å². The highest BCUT2D eigenvalue weighted by atomic mass is 32.1. The maximum Gasteiger partial charge on any atom is 0.274 e. The molecule has 2 rings (SSSR count). The highest BCUT2D eigenvalue weighted by Gasteiger charge is 2.29. The quantitative estimate of drug-likeness (QED) is 0.684. The predicted octanol–water partition coefficient (Wildman–Crippen LogP) is 2.93. The Morgan fingerprint density at radius 3 is 2.60 bits per heavy atom. The van der Waals surface area contributed by atoms with Crippen LogP contribution in [0.15, 0.2) is 30.0 Å². The molecule has 1 saturated heterocycles. The van der Waals surface area contributed by atoms with Crippen LogP contribution in [0.25, 0.3) is 6.08 Å². The molecular formula is C15H17FN2OS. The summed E-state index contributed by atoms with van der Waals surface area (Å²) in [5, 5.41) is 3.08. The third-order valence-corrected chi connectivity index (χ3v) is 3.41. The minimum absolute atomic E-state index is 0.205. The Morgan fingerprint density at radius 2 is 2.00 bits per heavy atom. The van der Waals surface area contributed by atoms with E-state index >= 15 is 0 Å². The standard InChI is InChI=1S/C15H17FN2OS/c1-10(2)7-8-18-13(14(19)17-15(18)20)9-11-3-5-12(16)6-4-11/h3-6,9-10H,7-8H2,1-2H3,(H,17,19,20)/b13-9+. The van der Waals surface area contributed by atoms with Crippen LogP contribution < -0.4 is 5.32 Å². The lowest BCUT2D eigenvalue weighted by molar-refractivity contribution is -0.115. The summed E-state index contributed by atoms with van der Waals surface area (Å²) in [6, 6.07) is 6.02. The maximum absolute atomic E-state index is 12.9. The topological polar surface area (TPSA) is 32.3 Å². The molecule has 1 aromatic rings. The number of halogens is 1. The summed E-state index contributed by atoms with van der Waals surface area (Å²) in [4.78, 5) is 13.7. The highest BCUT2D eigenvalue weighted by molar-refractivity contribution is 7.80. The number of thiocarbonyl (C=S) groups is 1. The Balaban J connectivity index is 2.23. The molecule has 1 aliphatic heterocycles. The van der Waals surface area contributed by atoms with Crippen molar-refractivity contribution in [2.45, 2.75) is 20.3 Å². The van der Waals surface area contributed by atoms with Gasteiger partial charge in [-0.3, -0.25) is 10.1 Å². The molecule has 1 aliphatic rings. The van der Waals surface area contributed by atoms with E-state index in [2.05, 4.69) is 19.2 Å². The van der Waals surface area contributed by atoms with Crippen LogP contribution in [0.4, 0.5) is 4.39 Å². The molecule has 0 atom stereocenters. The first kappa shape index (κ1) is 14.7. The van der Waals surface area contributed by atoms with Gasteiger partial charge in [0.2, 0.25) is 0 Å². The first-order valence-electron chi connectivity index (χ1n) is 6.57. The fourth-order valence-corrected chi connectivity index (χ4v) is 2.21. The summed E-state index contributed by atoms with van der Waals surface area (Å²) in [5.41, 5.74) is 1.29. The second-order valence-corrected chi connectivity index (χ2v) is 5.56. The molecule has 0 radical (unpaired) electrons. The van der Waals surface area contributed by atoms with Crippen LogP contribution in [-0.2, 0) is 4.79 Å². The molecule has 0 bridgehead atoms. The molecule has 3 nitrogen and oxygen atoms in total.